The van der Waals surface area contributed by atoms with Gasteiger partial charge in [-0.2, -0.15) is 12.6 Å². The molecule has 1 rings (SSSR count). The molecule has 15 heteroatoms. The maximum absolute atomic E-state index is 12.9. The minimum atomic E-state index is -1.27. The van der Waals surface area contributed by atoms with Crippen molar-refractivity contribution in [3.8, 4) is 0 Å². The summed E-state index contributed by atoms with van der Waals surface area (Å²) in [5, 5.41) is 25.5. The first-order valence-electron chi connectivity index (χ1n) is 11.0. The molecule has 0 radical (unpaired) electrons. The van der Waals surface area contributed by atoms with Gasteiger partial charge < -0.3 is 42.6 Å². The normalized spacial score (nSPS) is 14.3. The fourth-order valence-corrected chi connectivity index (χ4v) is 3.26. The number of carbonyl (C=O) groups excluding carboxylic acids is 3. The van der Waals surface area contributed by atoms with Crippen molar-refractivity contribution in [1.82, 2.24) is 25.9 Å². The smallest absolute Gasteiger partial charge is 0.326 e. The lowest BCUT2D eigenvalue weighted by Gasteiger charge is -2.24. The van der Waals surface area contributed by atoms with E-state index in [0.29, 0.717) is 25.1 Å². The molecule has 3 amide bonds. The lowest BCUT2D eigenvalue weighted by molar-refractivity contribution is -0.142. The van der Waals surface area contributed by atoms with Crippen molar-refractivity contribution in [2.45, 2.75) is 62.7 Å². The van der Waals surface area contributed by atoms with Gasteiger partial charge in [0.25, 0.3) is 0 Å². The Morgan fingerprint density at radius 3 is 2.14 bits per heavy atom. The number of aliphatic carboxylic acids is 2. The molecule has 4 unspecified atom stereocenters. The Morgan fingerprint density at radius 1 is 0.971 bits per heavy atom. The van der Waals surface area contributed by atoms with Crippen molar-refractivity contribution in [3.63, 3.8) is 0 Å². The second kappa shape index (κ2) is 15.7. The van der Waals surface area contributed by atoms with Crippen molar-refractivity contribution in [2.75, 3.05) is 12.3 Å². The molecule has 1 aromatic rings. The maximum Gasteiger partial charge on any atom is 0.326 e. The molecule has 35 heavy (non-hydrogen) atoms. The van der Waals surface area contributed by atoms with E-state index in [2.05, 4.69) is 38.5 Å². The number of carboxylic acids is 2. The minimum Gasteiger partial charge on any atom is -0.481 e. The van der Waals surface area contributed by atoms with Crippen molar-refractivity contribution < 1.29 is 34.2 Å². The Balaban J connectivity index is 2.85. The molecule has 4 atom stereocenters. The van der Waals surface area contributed by atoms with Gasteiger partial charge in [0.15, 0.2) is 0 Å². The van der Waals surface area contributed by atoms with Crippen LogP contribution in [0, 0.1) is 0 Å². The van der Waals surface area contributed by atoms with Gasteiger partial charge in [-0.3, -0.25) is 19.2 Å². The number of amides is 3. The molecule has 0 fully saturated rings. The van der Waals surface area contributed by atoms with Crippen LogP contribution >= 0.6 is 12.6 Å². The first kappa shape index (κ1) is 29.9. The molecule has 10 N–H and O–H groups in total. The van der Waals surface area contributed by atoms with E-state index in [9.17, 15) is 29.1 Å². The Kier molecular flexibility index (Phi) is 13.4. The first-order valence-corrected chi connectivity index (χ1v) is 11.6. The Labute approximate surface area is 207 Å². The monoisotopic (exact) mass is 515 g/mol. The number of nitrogens with one attached hydrogen (secondary N) is 4. The summed E-state index contributed by atoms with van der Waals surface area (Å²) in [5.41, 5.74) is 11.7. The number of aromatic nitrogens is 2. The van der Waals surface area contributed by atoms with Crippen LogP contribution in [0.25, 0.3) is 0 Å². The van der Waals surface area contributed by atoms with Crippen molar-refractivity contribution >= 4 is 42.3 Å². The number of hydrogen-bond acceptors (Lipinski definition) is 9. The molecule has 14 nitrogen and oxygen atoms in total. The average molecular weight is 516 g/mol. The van der Waals surface area contributed by atoms with Gasteiger partial charge in [-0.25, -0.2) is 9.78 Å². The number of carboxylic acid groups (broad SMARTS) is 2. The number of nitrogens with zero attached hydrogens (tertiary/aromatic N) is 1. The second-order valence-electron chi connectivity index (χ2n) is 7.81. The fraction of sp³-hybridized carbons (Fsp3) is 0.600. The van der Waals surface area contributed by atoms with E-state index < -0.39 is 53.8 Å². The lowest BCUT2D eigenvalue weighted by atomic mass is 10.1. The summed E-state index contributed by atoms with van der Waals surface area (Å²) in [4.78, 5) is 66.8. The van der Waals surface area contributed by atoms with Crippen LogP contribution in [0.3, 0.4) is 0 Å². The quantitative estimate of drug-likeness (QED) is 0.0796. The minimum absolute atomic E-state index is 0.0475. The molecule has 0 bridgehead atoms. The van der Waals surface area contributed by atoms with Crippen LogP contribution in [0.4, 0.5) is 0 Å². The molecule has 1 aromatic heterocycles. The number of hydrogen-bond donors (Lipinski definition) is 9. The number of rotatable bonds is 17. The third-order valence-electron chi connectivity index (χ3n) is 4.99. The largest absolute Gasteiger partial charge is 0.481 e. The topological polar surface area (TPSA) is 243 Å². The van der Waals surface area contributed by atoms with E-state index in [1.165, 1.54) is 12.5 Å². The van der Waals surface area contributed by atoms with E-state index in [0.717, 1.165) is 0 Å². The molecule has 0 saturated heterocycles. The predicted molar refractivity (Wildman–Crippen MR) is 127 cm³/mol. The van der Waals surface area contributed by atoms with Crippen LogP contribution < -0.4 is 27.4 Å². The van der Waals surface area contributed by atoms with E-state index in [-0.39, 0.29) is 31.4 Å². The third-order valence-corrected chi connectivity index (χ3v) is 5.36. The zero-order valence-electron chi connectivity index (χ0n) is 19.1. The van der Waals surface area contributed by atoms with Crippen molar-refractivity contribution in [3.05, 3.63) is 18.2 Å². The van der Waals surface area contributed by atoms with Gasteiger partial charge in [0.2, 0.25) is 17.7 Å². The van der Waals surface area contributed by atoms with E-state index in [4.69, 9.17) is 16.6 Å². The number of nitrogens with two attached hydrogens (primary N) is 2. The highest BCUT2D eigenvalue weighted by atomic mass is 32.1. The third kappa shape index (κ3) is 11.2. The molecule has 0 aliphatic carbocycles. The molecule has 196 valence electrons. The number of carbonyl (C=O) groups is 5. The molecule has 0 aromatic carbocycles. The average Bonchev–Trinajstić information content (AvgIpc) is 3.32. The summed E-state index contributed by atoms with van der Waals surface area (Å²) in [6.45, 7) is 0.364. The summed E-state index contributed by atoms with van der Waals surface area (Å²) in [7, 11) is 0. The highest BCUT2D eigenvalue weighted by Gasteiger charge is 2.30. The van der Waals surface area contributed by atoms with Crippen LogP contribution in [0.15, 0.2) is 12.5 Å². The molecule has 1 heterocycles. The van der Waals surface area contributed by atoms with E-state index in [1.807, 2.05) is 0 Å². The Morgan fingerprint density at radius 2 is 1.60 bits per heavy atom. The second-order valence-corrected chi connectivity index (χ2v) is 8.17. The summed E-state index contributed by atoms with van der Waals surface area (Å²) in [6, 6.07) is -4.68. The van der Waals surface area contributed by atoms with E-state index >= 15 is 0 Å². The van der Waals surface area contributed by atoms with Crippen LogP contribution in [-0.4, -0.2) is 86.3 Å². The zero-order chi connectivity index (χ0) is 26.4. The molecule has 0 aliphatic heterocycles. The summed E-state index contributed by atoms with van der Waals surface area (Å²) >= 11 is 4.06. The highest BCUT2D eigenvalue weighted by Crippen LogP contribution is 2.06. The molecular formula is C20H33N7O7S. The Hall–Kier alpha value is -3.17. The SMILES string of the molecule is NCCCCC(NC(=O)C(CS)NC(=O)C(N)CCC(=O)O)C(=O)NC(Cc1cnc[nH]1)C(=O)O. The van der Waals surface area contributed by atoms with Gasteiger partial charge in [0.05, 0.1) is 12.4 Å². The number of imidazole rings is 1. The van der Waals surface area contributed by atoms with Crippen LogP contribution in [0.5, 0.6) is 0 Å². The van der Waals surface area contributed by atoms with Gasteiger partial charge in [0.1, 0.15) is 18.1 Å². The van der Waals surface area contributed by atoms with Crippen LogP contribution in [-0.2, 0) is 30.4 Å². The highest BCUT2D eigenvalue weighted by molar-refractivity contribution is 7.80. The van der Waals surface area contributed by atoms with Gasteiger partial charge in [-0.05, 0) is 32.2 Å². The fourth-order valence-electron chi connectivity index (χ4n) is 3.01. The predicted octanol–water partition coefficient (Wildman–Crippen LogP) is -2.26. The molecular weight excluding hydrogens is 482 g/mol. The Bertz CT molecular complexity index is 853. The molecule has 0 aliphatic rings. The van der Waals surface area contributed by atoms with Gasteiger partial charge >= 0.3 is 11.9 Å². The summed E-state index contributed by atoms with van der Waals surface area (Å²) in [6.07, 6.45) is 3.55. The number of aromatic amines is 1. The standard InChI is InChI=1S/C20H33N7O7S/c21-6-2-1-3-13(18(31)26-14(20(33)34)7-11-8-23-10-24-11)25-19(32)15(9-35)27-17(30)12(22)4-5-16(28)29/h8,10,12-15,35H,1-7,9,21-22H2,(H,23,24)(H,25,32)(H,26,31)(H,27,30)(H,28,29)(H,33,34). The van der Waals surface area contributed by atoms with Crippen LogP contribution in [0.2, 0.25) is 0 Å². The number of thiol groups is 1. The number of unbranched alkanes of at least 4 members (excludes halogenated alkanes) is 1. The van der Waals surface area contributed by atoms with Crippen molar-refractivity contribution in [1.29, 1.82) is 0 Å². The van der Waals surface area contributed by atoms with Gasteiger partial charge in [-0.1, -0.05) is 0 Å². The lowest BCUT2D eigenvalue weighted by Crippen LogP contribution is -2.57. The maximum atomic E-state index is 12.9. The molecule has 0 spiro atoms. The zero-order valence-corrected chi connectivity index (χ0v) is 20.0. The molecule has 0 saturated carbocycles. The summed E-state index contributed by atoms with van der Waals surface area (Å²) in [5.74, 6) is -4.70. The number of H-pyrrole nitrogens is 1. The first-order chi connectivity index (χ1) is 16.6. The van der Waals surface area contributed by atoms with Crippen molar-refractivity contribution in [2.24, 2.45) is 11.5 Å². The van der Waals surface area contributed by atoms with Gasteiger partial charge in [0, 0.05) is 30.5 Å². The van der Waals surface area contributed by atoms with Gasteiger partial charge in [-0.15, -0.1) is 0 Å². The van der Waals surface area contributed by atoms with E-state index in [1.54, 1.807) is 0 Å². The summed E-state index contributed by atoms with van der Waals surface area (Å²) < 4.78 is 0. The van der Waals surface area contributed by atoms with Crippen LogP contribution in [0.1, 0.15) is 37.8 Å².